The van der Waals surface area contributed by atoms with Crippen molar-refractivity contribution in [2.75, 3.05) is 57.8 Å². The number of hydrogen-bond acceptors (Lipinski definition) is 10. The Morgan fingerprint density at radius 3 is 2.65 bits per heavy atom. The van der Waals surface area contributed by atoms with E-state index in [1.54, 1.807) is 13.8 Å². The minimum atomic E-state index is -2.75. The minimum Gasteiger partial charge on any atom is -0.490 e. The van der Waals surface area contributed by atoms with E-state index in [0.29, 0.717) is 18.9 Å². The molecule has 0 radical (unpaired) electrons. The highest BCUT2D eigenvalue weighted by Gasteiger charge is 2.54. The lowest BCUT2D eigenvalue weighted by Gasteiger charge is -2.58. The molecule has 1 aliphatic carbocycles. The number of pyridine rings is 1. The van der Waals surface area contributed by atoms with Crippen LogP contribution in [0.4, 0.5) is 19.0 Å². The summed E-state index contributed by atoms with van der Waals surface area (Å²) < 4.78 is 53.4. The smallest absolute Gasteiger partial charge is 0.282 e. The molecule has 0 N–H and O–H groups in total. The average molecular weight is 667 g/mol. The Bertz CT molecular complexity index is 1640. The van der Waals surface area contributed by atoms with Crippen molar-refractivity contribution in [2.45, 2.75) is 58.2 Å². The van der Waals surface area contributed by atoms with E-state index in [0.717, 1.165) is 86.4 Å². The fourth-order valence-corrected chi connectivity index (χ4v) is 7.62. The molecule has 48 heavy (non-hydrogen) atoms. The zero-order valence-corrected chi connectivity index (χ0v) is 27.5. The van der Waals surface area contributed by atoms with E-state index in [1.807, 2.05) is 17.2 Å². The summed E-state index contributed by atoms with van der Waals surface area (Å²) in [5.41, 5.74) is 2.24. The first kappa shape index (κ1) is 32.5. The molecule has 4 aliphatic rings. The fourth-order valence-electron chi connectivity index (χ4n) is 7.62. The van der Waals surface area contributed by atoms with Crippen molar-refractivity contribution in [2.24, 2.45) is 11.3 Å². The molecule has 0 atom stereocenters. The van der Waals surface area contributed by atoms with Crippen LogP contribution in [0.15, 0.2) is 36.8 Å². The van der Waals surface area contributed by atoms with Crippen LogP contribution in [-0.2, 0) is 13.0 Å². The number of halogens is 3. The van der Waals surface area contributed by atoms with Crippen LogP contribution >= 0.6 is 0 Å². The molecule has 0 bridgehead atoms. The summed E-state index contributed by atoms with van der Waals surface area (Å²) in [7, 11) is 2.17. The largest absolute Gasteiger partial charge is 0.490 e. The van der Waals surface area contributed by atoms with Gasteiger partial charge in [0.05, 0.1) is 12.1 Å². The van der Waals surface area contributed by atoms with Crippen molar-refractivity contribution in [3.05, 3.63) is 59.4 Å². The number of benzene rings is 1. The Morgan fingerprint density at radius 2 is 1.92 bits per heavy atom. The first-order valence-corrected chi connectivity index (χ1v) is 16.6. The summed E-state index contributed by atoms with van der Waals surface area (Å²) in [5, 5.41) is 7.98. The maximum Gasteiger partial charge on any atom is 0.282 e. The maximum atomic E-state index is 14.3. The number of rotatable bonds is 11. The van der Waals surface area contributed by atoms with E-state index in [4.69, 9.17) is 9.47 Å². The highest BCUT2D eigenvalue weighted by Crippen LogP contribution is 2.52. The molecule has 3 fully saturated rings. The predicted molar refractivity (Wildman–Crippen MR) is 171 cm³/mol. The van der Waals surface area contributed by atoms with E-state index in [2.05, 4.69) is 37.0 Å². The van der Waals surface area contributed by atoms with Gasteiger partial charge in [0.25, 0.3) is 18.2 Å². The molecule has 3 aliphatic heterocycles. The average Bonchev–Trinajstić information content (AvgIpc) is 3.00. The van der Waals surface area contributed by atoms with Crippen LogP contribution in [0, 0.1) is 17.2 Å². The number of carbonyl (C=O) groups is 1. The molecule has 2 saturated heterocycles. The number of carbonyl (C=O) groups excluding carboxylic acids is 1. The van der Waals surface area contributed by atoms with Crippen molar-refractivity contribution < 1.29 is 27.4 Å². The van der Waals surface area contributed by atoms with Crippen LogP contribution in [0.3, 0.4) is 0 Å². The highest BCUT2D eigenvalue weighted by atomic mass is 19.3. The number of hydrogen-bond donors (Lipinski definition) is 0. The molecule has 5 heterocycles. The van der Waals surface area contributed by atoms with Gasteiger partial charge in [-0.15, -0.1) is 10.2 Å². The lowest BCUT2D eigenvalue weighted by Crippen LogP contribution is -2.65. The molecule has 7 rings (SSSR count). The highest BCUT2D eigenvalue weighted by molar-refractivity contribution is 5.97. The fraction of sp³-hybridized carbons (Fsp3) is 0.559. The molecular weight excluding hydrogens is 625 g/mol. The number of likely N-dealkylation sites (tertiary alicyclic amines) is 1. The van der Waals surface area contributed by atoms with Gasteiger partial charge < -0.3 is 24.2 Å². The van der Waals surface area contributed by atoms with Gasteiger partial charge in [0.15, 0.2) is 5.82 Å². The van der Waals surface area contributed by atoms with Gasteiger partial charge in [-0.05, 0) is 63.9 Å². The number of nitrogens with zero attached hydrogens (tertiary/aromatic N) is 8. The van der Waals surface area contributed by atoms with E-state index in [1.165, 1.54) is 18.0 Å². The third-order valence-corrected chi connectivity index (χ3v) is 9.94. The van der Waals surface area contributed by atoms with Gasteiger partial charge in [-0.2, -0.15) is 0 Å². The number of amides is 1. The standard InChI is InChI=1S/C34H41F3N8O3/c1-21(2)45(17-30(36)37)33(46)25-10-23(35)4-5-28(25)48-32-31(39-20-40-41-32)44-18-34(19-44)11-24(12-34)47-29-6-8-38-27-7-9-43(16-26(27)29)15-22-13-42(3)14-22/h4-6,8,10,20-22,24,30H,7,9,11-19H2,1-3H3. The monoisotopic (exact) mass is 666 g/mol. The summed E-state index contributed by atoms with van der Waals surface area (Å²) in [6, 6.07) is 4.87. The number of anilines is 1. The minimum absolute atomic E-state index is 0.0171. The molecule has 256 valence electrons. The van der Waals surface area contributed by atoms with E-state index in [9.17, 15) is 18.0 Å². The van der Waals surface area contributed by atoms with Crippen LogP contribution in [-0.4, -0.2) is 112 Å². The van der Waals surface area contributed by atoms with Gasteiger partial charge in [0, 0.05) is 81.1 Å². The molecule has 3 aromatic rings. The van der Waals surface area contributed by atoms with Crippen LogP contribution in [0.25, 0.3) is 0 Å². The van der Waals surface area contributed by atoms with Crippen molar-refractivity contribution in [3.63, 3.8) is 0 Å². The van der Waals surface area contributed by atoms with Gasteiger partial charge in [-0.1, -0.05) is 0 Å². The summed E-state index contributed by atoms with van der Waals surface area (Å²) in [5.74, 6) is 0.684. The number of fused-ring (bicyclic) bond motifs is 1. The van der Waals surface area contributed by atoms with E-state index in [-0.39, 0.29) is 28.7 Å². The Balaban J connectivity index is 0.985. The second-order valence-electron chi connectivity index (χ2n) is 14.1. The molecule has 1 saturated carbocycles. The molecule has 1 amide bonds. The summed E-state index contributed by atoms with van der Waals surface area (Å²) in [6.45, 7) is 9.21. The first-order valence-electron chi connectivity index (χ1n) is 16.6. The molecule has 1 aromatic carbocycles. The predicted octanol–water partition coefficient (Wildman–Crippen LogP) is 4.28. The molecule has 11 nitrogen and oxygen atoms in total. The normalized spacial score (nSPS) is 19.5. The second kappa shape index (κ2) is 13.1. The van der Waals surface area contributed by atoms with Crippen LogP contribution in [0.1, 0.15) is 48.3 Å². The summed E-state index contributed by atoms with van der Waals surface area (Å²) >= 11 is 0. The maximum absolute atomic E-state index is 14.3. The van der Waals surface area contributed by atoms with Gasteiger partial charge in [0.2, 0.25) is 0 Å². The van der Waals surface area contributed by atoms with Gasteiger partial charge in [-0.25, -0.2) is 18.2 Å². The van der Waals surface area contributed by atoms with Crippen molar-refractivity contribution in [3.8, 4) is 17.4 Å². The van der Waals surface area contributed by atoms with Crippen molar-refractivity contribution in [1.29, 1.82) is 0 Å². The zero-order chi connectivity index (χ0) is 33.6. The van der Waals surface area contributed by atoms with Crippen LogP contribution in [0.5, 0.6) is 17.4 Å². The Labute approximate surface area is 278 Å². The quantitative estimate of drug-likeness (QED) is 0.295. The van der Waals surface area contributed by atoms with Gasteiger partial charge in [-0.3, -0.25) is 14.7 Å². The van der Waals surface area contributed by atoms with Crippen LogP contribution in [0.2, 0.25) is 0 Å². The molecule has 1 spiro atoms. The summed E-state index contributed by atoms with van der Waals surface area (Å²) in [4.78, 5) is 30.3. The topological polar surface area (TPSA) is 100 Å². The number of aromatic nitrogens is 4. The Hall–Kier alpha value is -4.04. The Kier molecular flexibility index (Phi) is 8.88. The van der Waals surface area contributed by atoms with E-state index < -0.39 is 30.7 Å². The third kappa shape index (κ3) is 6.64. The lowest BCUT2D eigenvalue weighted by atomic mass is 9.61. The molecule has 0 unspecified atom stereocenters. The van der Waals surface area contributed by atoms with E-state index >= 15 is 0 Å². The third-order valence-electron chi connectivity index (χ3n) is 9.94. The lowest BCUT2D eigenvalue weighted by molar-refractivity contribution is -0.0354. The van der Waals surface area contributed by atoms with Gasteiger partial charge in [0.1, 0.15) is 29.7 Å². The number of ether oxygens (including phenoxy) is 2. The van der Waals surface area contributed by atoms with Crippen molar-refractivity contribution >= 4 is 11.7 Å². The van der Waals surface area contributed by atoms with Crippen LogP contribution < -0.4 is 14.4 Å². The van der Waals surface area contributed by atoms with Crippen molar-refractivity contribution in [1.82, 2.24) is 34.9 Å². The summed E-state index contributed by atoms with van der Waals surface area (Å²) in [6.07, 6.45) is 3.28. The molecular formula is C34H41F3N8O3. The SMILES string of the molecule is CC(C)N(CC(F)F)C(=O)c1cc(F)ccc1Oc1nncnc1N1CC2(CC(Oc3ccnc4c3CN(CC3CN(C)C3)CC4)C2)C1. The Morgan fingerprint density at radius 1 is 1.12 bits per heavy atom. The first-order chi connectivity index (χ1) is 23.1. The number of alkyl halides is 2. The zero-order valence-electron chi connectivity index (χ0n) is 27.5. The molecule has 14 heteroatoms. The second-order valence-corrected chi connectivity index (χ2v) is 14.1. The van der Waals surface area contributed by atoms with Gasteiger partial charge >= 0.3 is 0 Å². The molecule has 2 aromatic heterocycles.